The third-order valence-corrected chi connectivity index (χ3v) is 3.66. The number of rotatable bonds is 3. The van der Waals surface area contributed by atoms with Crippen molar-refractivity contribution in [2.45, 2.75) is 10.4 Å². The van der Waals surface area contributed by atoms with Gasteiger partial charge in [0.2, 0.25) is 0 Å². The van der Waals surface area contributed by atoms with Crippen LogP contribution in [-0.2, 0) is 4.74 Å². The average Bonchev–Trinajstić information content (AvgIpc) is 2.76. The SMILES string of the molecule is COC[C@H]1C(c2csc(S)n2)=CCN1C. The van der Waals surface area contributed by atoms with E-state index >= 15 is 0 Å². The zero-order valence-corrected chi connectivity index (χ0v) is 10.5. The quantitative estimate of drug-likeness (QED) is 0.818. The molecule has 1 atom stereocenters. The van der Waals surface area contributed by atoms with Crippen molar-refractivity contribution in [3.05, 3.63) is 17.2 Å². The van der Waals surface area contributed by atoms with Crippen LogP contribution in [0.25, 0.3) is 5.57 Å². The Morgan fingerprint density at radius 3 is 3.13 bits per heavy atom. The fourth-order valence-electron chi connectivity index (χ4n) is 1.79. The topological polar surface area (TPSA) is 25.4 Å². The van der Waals surface area contributed by atoms with Crippen molar-refractivity contribution < 1.29 is 4.74 Å². The van der Waals surface area contributed by atoms with Crippen molar-refractivity contribution in [2.75, 3.05) is 27.3 Å². The van der Waals surface area contributed by atoms with Gasteiger partial charge in [0.15, 0.2) is 0 Å². The molecular weight excluding hydrogens is 228 g/mol. The molecule has 0 aromatic carbocycles. The second kappa shape index (κ2) is 4.65. The summed E-state index contributed by atoms with van der Waals surface area (Å²) in [6, 6.07) is 0.324. The van der Waals surface area contributed by atoms with Crippen molar-refractivity contribution in [1.29, 1.82) is 0 Å². The number of ether oxygens (including phenoxy) is 1. The predicted octanol–water partition coefficient (Wildman–Crippen LogP) is 1.78. The zero-order chi connectivity index (χ0) is 10.8. The van der Waals surface area contributed by atoms with E-state index in [0.29, 0.717) is 12.6 Å². The van der Waals surface area contributed by atoms with Crippen molar-refractivity contribution in [3.8, 4) is 0 Å². The lowest BCUT2D eigenvalue weighted by Crippen LogP contribution is -2.31. The molecule has 0 fully saturated rings. The highest BCUT2D eigenvalue weighted by atomic mass is 32.2. The first-order chi connectivity index (χ1) is 7.22. The lowest BCUT2D eigenvalue weighted by atomic mass is 10.1. The van der Waals surface area contributed by atoms with Crippen LogP contribution < -0.4 is 0 Å². The van der Waals surface area contributed by atoms with Gasteiger partial charge in [-0.3, -0.25) is 4.90 Å². The van der Waals surface area contributed by atoms with E-state index in [1.807, 2.05) is 0 Å². The molecule has 1 aromatic rings. The van der Waals surface area contributed by atoms with Gasteiger partial charge in [-0.25, -0.2) is 4.98 Å². The first-order valence-electron chi connectivity index (χ1n) is 4.76. The largest absolute Gasteiger partial charge is 0.383 e. The minimum Gasteiger partial charge on any atom is -0.383 e. The molecule has 2 heterocycles. The molecule has 0 N–H and O–H groups in total. The molecule has 0 amide bonds. The average molecular weight is 242 g/mol. The highest BCUT2D eigenvalue weighted by Gasteiger charge is 2.26. The molecule has 0 spiro atoms. The zero-order valence-electron chi connectivity index (χ0n) is 8.80. The first kappa shape index (κ1) is 11.1. The maximum atomic E-state index is 5.23. The van der Waals surface area contributed by atoms with Crippen molar-refractivity contribution in [3.63, 3.8) is 0 Å². The molecule has 5 heteroatoms. The van der Waals surface area contributed by atoms with Crippen LogP contribution in [0.3, 0.4) is 0 Å². The summed E-state index contributed by atoms with van der Waals surface area (Å²) in [5.41, 5.74) is 2.30. The van der Waals surface area contributed by atoms with Crippen molar-refractivity contribution >= 4 is 29.5 Å². The third kappa shape index (κ3) is 2.25. The van der Waals surface area contributed by atoms with Gasteiger partial charge in [-0.1, -0.05) is 6.08 Å². The van der Waals surface area contributed by atoms with Gasteiger partial charge in [0.25, 0.3) is 0 Å². The van der Waals surface area contributed by atoms with Crippen LogP contribution in [0.2, 0.25) is 0 Å². The minimum absolute atomic E-state index is 0.324. The van der Waals surface area contributed by atoms with Crippen LogP contribution >= 0.6 is 24.0 Å². The molecule has 1 aromatic heterocycles. The van der Waals surface area contributed by atoms with Crippen molar-refractivity contribution in [1.82, 2.24) is 9.88 Å². The maximum Gasteiger partial charge on any atom is 0.147 e. The molecule has 0 unspecified atom stereocenters. The summed E-state index contributed by atoms with van der Waals surface area (Å²) < 4.78 is 6.05. The summed E-state index contributed by atoms with van der Waals surface area (Å²) in [6.45, 7) is 1.67. The summed E-state index contributed by atoms with van der Waals surface area (Å²) in [7, 11) is 3.83. The van der Waals surface area contributed by atoms with E-state index < -0.39 is 0 Å². The highest BCUT2D eigenvalue weighted by Crippen LogP contribution is 2.28. The van der Waals surface area contributed by atoms with Crippen LogP contribution in [0, 0.1) is 0 Å². The van der Waals surface area contributed by atoms with Crippen LogP contribution in [0.15, 0.2) is 15.8 Å². The van der Waals surface area contributed by atoms with Crippen LogP contribution in [0.4, 0.5) is 0 Å². The summed E-state index contributed by atoms with van der Waals surface area (Å²) in [4.78, 5) is 6.65. The lowest BCUT2D eigenvalue weighted by molar-refractivity contribution is 0.145. The van der Waals surface area contributed by atoms with Gasteiger partial charge in [-0.15, -0.1) is 24.0 Å². The number of nitrogens with zero attached hydrogens (tertiary/aromatic N) is 2. The van der Waals surface area contributed by atoms with Crippen molar-refractivity contribution in [2.24, 2.45) is 0 Å². The number of likely N-dealkylation sites (N-methyl/N-ethyl adjacent to an activating group) is 1. The van der Waals surface area contributed by atoms with Gasteiger partial charge in [0.05, 0.1) is 18.3 Å². The molecule has 15 heavy (non-hydrogen) atoms. The van der Waals surface area contributed by atoms with E-state index in [4.69, 9.17) is 4.74 Å². The van der Waals surface area contributed by atoms with Crippen LogP contribution in [-0.4, -0.2) is 43.2 Å². The van der Waals surface area contributed by atoms with E-state index in [0.717, 1.165) is 16.6 Å². The monoisotopic (exact) mass is 242 g/mol. The molecule has 1 aliphatic rings. The number of thiol groups is 1. The van der Waals surface area contributed by atoms with Gasteiger partial charge in [0, 0.05) is 19.0 Å². The second-order valence-corrected chi connectivity index (χ2v) is 5.17. The standard InChI is InChI=1S/C10H14N2OS2/c1-12-4-3-7(9(12)5-13-2)8-6-15-10(14)11-8/h3,6,9H,4-5H2,1-2H3,(H,11,14)/t9-/m0/s1. The smallest absolute Gasteiger partial charge is 0.147 e. The molecule has 1 aliphatic heterocycles. The van der Waals surface area contributed by atoms with E-state index in [9.17, 15) is 0 Å². The second-order valence-electron chi connectivity index (χ2n) is 3.59. The Labute approximate surface area is 99.2 Å². The minimum atomic E-state index is 0.324. The Morgan fingerprint density at radius 2 is 2.53 bits per heavy atom. The maximum absolute atomic E-state index is 5.23. The summed E-state index contributed by atoms with van der Waals surface area (Å²) >= 11 is 5.80. The number of aromatic nitrogens is 1. The molecule has 2 rings (SSSR count). The first-order valence-corrected chi connectivity index (χ1v) is 6.09. The normalized spacial score (nSPS) is 22.1. The number of methoxy groups -OCH3 is 1. The van der Waals surface area contributed by atoms with E-state index in [1.54, 1.807) is 18.4 Å². The molecule has 0 radical (unpaired) electrons. The summed E-state index contributed by atoms with van der Waals surface area (Å²) in [5, 5.41) is 2.05. The van der Waals surface area contributed by atoms with Gasteiger partial charge >= 0.3 is 0 Å². The van der Waals surface area contributed by atoms with E-state index in [1.165, 1.54) is 5.57 Å². The predicted molar refractivity (Wildman–Crippen MR) is 65.6 cm³/mol. The van der Waals surface area contributed by atoms with Gasteiger partial charge in [-0.2, -0.15) is 0 Å². The molecule has 0 saturated carbocycles. The van der Waals surface area contributed by atoms with E-state index in [-0.39, 0.29) is 0 Å². The Balaban J connectivity index is 2.21. The summed E-state index contributed by atoms with van der Waals surface area (Å²) in [6.07, 6.45) is 2.21. The fraction of sp³-hybridized carbons (Fsp3) is 0.500. The molecule has 0 aliphatic carbocycles. The third-order valence-electron chi connectivity index (χ3n) is 2.60. The molecule has 0 bridgehead atoms. The number of thiazole rings is 1. The lowest BCUT2D eigenvalue weighted by Gasteiger charge is -2.21. The van der Waals surface area contributed by atoms with Gasteiger partial charge in [-0.05, 0) is 12.6 Å². The van der Waals surface area contributed by atoms with Crippen LogP contribution in [0.5, 0.6) is 0 Å². The summed E-state index contributed by atoms with van der Waals surface area (Å²) in [5.74, 6) is 0. The van der Waals surface area contributed by atoms with Crippen LogP contribution in [0.1, 0.15) is 5.69 Å². The molecule has 0 saturated heterocycles. The fourth-order valence-corrected chi connectivity index (χ4v) is 2.61. The Bertz CT molecular complexity index is 375. The molecular formula is C10H14N2OS2. The Kier molecular flexibility index (Phi) is 3.45. The Hall–Kier alpha value is -0.360. The molecule has 3 nitrogen and oxygen atoms in total. The number of hydrogen-bond donors (Lipinski definition) is 1. The highest BCUT2D eigenvalue weighted by molar-refractivity contribution is 7.82. The van der Waals surface area contributed by atoms with Gasteiger partial charge < -0.3 is 4.74 Å². The van der Waals surface area contributed by atoms with E-state index in [2.05, 4.69) is 41.0 Å². The van der Waals surface area contributed by atoms with Gasteiger partial charge in [0.1, 0.15) is 4.34 Å². The Morgan fingerprint density at radius 1 is 1.73 bits per heavy atom. The number of hydrogen-bond acceptors (Lipinski definition) is 5. The molecule has 82 valence electrons.